The number of ether oxygens (including phenoxy) is 2. The van der Waals surface area contributed by atoms with Gasteiger partial charge in [-0.3, -0.25) is 9.69 Å². The van der Waals surface area contributed by atoms with Gasteiger partial charge >= 0.3 is 0 Å². The van der Waals surface area contributed by atoms with Crippen LogP contribution in [0.5, 0.6) is 5.75 Å². The van der Waals surface area contributed by atoms with E-state index in [1.807, 2.05) is 54.7 Å². The Hall–Kier alpha value is -1.97. The van der Waals surface area contributed by atoms with E-state index >= 15 is 0 Å². The number of hydrogen-bond acceptors (Lipinski definition) is 11. The number of morpholine rings is 1. The maximum Gasteiger partial charge on any atom is 0.264 e. The lowest BCUT2D eigenvalue weighted by molar-refractivity contribution is -0.0333. The lowest BCUT2D eigenvalue weighted by Gasteiger charge is -2.51. The lowest BCUT2D eigenvalue weighted by atomic mass is 9.64. The number of anilines is 1. The first-order valence-corrected chi connectivity index (χ1v) is 25.0. The first-order valence-electron chi connectivity index (χ1n) is 21.0. The van der Waals surface area contributed by atoms with Crippen molar-refractivity contribution >= 4 is 56.7 Å². The van der Waals surface area contributed by atoms with Crippen molar-refractivity contribution in [2.75, 3.05) is 75.5 Å². The number of rotatable bonds is 1. The summed E-state index contributed by atoms with van der Waals surface area (Å²) in [6.07, 6.45) is 10.5. The number of aryl methyl sites for hydroxylation is 1. The quantitative estimate of drug-likeness (QED) is 0.289. The monoisotopic (exact) mass is 858 g/mol. The molecule has 2 aromatic rings. The number of carbonyl (C=O) groups excluding carboxylic acids is 1. The Labute approximate surface area is 352 Å². The summed E-state index contributed by atoms with van der Waals surface area (Å²) in [6, 6.07) is 12.2. The second kappa shape index (κ2) is 17.6. The summed E-state index contributed by atoms with van der Waals surface area (Å²) in [5.41, 5.74) is 2.32. The first kappa shape index (κ1) is 41.8. The Bertz CT molecular complexity index is 1890. The molecule has 5 heterocycles. The van der Waals surface area contributed by atoms with Crippen molar-refractivity contribution in [1.29, 1.82) is 0 Å². The van der Waals surface area contributed by atoms with Crippen molar-refractivity contribution in [2.45, 2.75) is 85.7 Å². The smallest absolute Gasteiger partial charge is 0.264 e. The maximum atomic E-state index is 13.5. The first-order chi connectivity index (χ1) is 27.5. The van der Waals surface area contributed by atoms with Crippen molar-refractivity contribution in [2.24, 2.45) is 17.8 Å². The molecule has 0 aromatic heterocycles. The Kier molecular flexibility index (Phi) is 12.9. The summed E-state index contributed by atoms with van der Waals surface area (Å²) >= 11 is 10.2. The maximum absolute atomic E-state index is 13.5. The molecule has 3 N–H and O–H groups in total. The summed E-state index contributed by atoms with van der Waals surface area (Å²) in [7, 11) is -3.95. The van der Waals surface area contributed by atoms with Gasteiger partial charge in [0, 0.05) is 61.3 Å². The molecule has 7 atom stereocenters. The van der Waals surface area contributed by atoms with Crippen molar-refractivity contribution in [3.8, 4) is 5.75 Å². The molecule has 1 spiro atoms. The number of sulfonamides is 1. The summed E-state index contributed by atoms with van der Waals surface area (Å²) in [5.74, 6) is 2.18. The van der Waals surface area contributed by atoms with Gasteiger partial charge in [-0.15, -0.1) is 23.5 Å². The van der Waals surface area contributed by atoms with Crippen molar-refractivity contribution < 1.29 is 27.8 Å². The number of benzene rings is 2. The van der Waals surface area contributed by atoms with Gasteiger partial charge in [-0.2, -0.15) is 0 Å². The highest BCUT2D eigenvalue weighted by Crippen LogP contribution is 2.53. The largest absolute Gasteiger partial charge is 0.490 e. The SMILES string of the molecule is C1CN2CCOC[C@@H]2CN1.C[C@@H]1[C@@H](C)C/C=C/[C@](O)(C2SCCCS2)[C@@H]2CC[C@H]2CN2C[C@@]3(CCCc4cc(Cl)ccc43)COc3ccc(cc32)C(=O)NS1(=O)=O. The number of halogens is 1. The van der Waals surface area contributed by atoms with Crippen LogP contribution in [0.25, 0.3) is 0 Å². The van der Waals surface area contributed by atoms with E-state index < -0.39 is 26.8 Å². The van der Waals surface area contributed by atoms with E-state index in [-0.39, 0.29) is 33.3 Å². The molecule has 0 radical (unpaired) electrons. The molecule has 2 bridgehead atoms. The van der Waals surface area contributed by atoms with Gasteiger partial charge < -0.3 is 24.8 Å². The molecule has 0 unspecified atom stereocenters. The third kappa shape index (κ3) is 8.79. The van der Waals surface area contributed by atoms with E-state index in [1.165, 1.54) is 17.7 Å². The highest BCUT2D eigenvalue weighted by atomic mass is 35.5. The third-order valence-electron chi connectivity index (χ3n) is 13.7. The van der Waals surface area contributed by atoms with Crippen molar-refractivity contribution in [3.63, 3.8) is 0 Å². The van der Waals surface area contributed by atoms with Crippen LogP contribution >= 0.6 is 35.1 Å². The fourth-order valence-electron chi connectivity index (χ4n) is 9.98. The average Bonchev–Trinajstić information content (AvgIpc) is 3.35. The van der Waals surface area contributed by atoms with Crippen LogP contribution in [0.4, 0.5) is 5.69 Å². The van der Waals surface area contributed by atoms with E-state index in [1.54, 1.807) is 19.1 Å². The number of hydrogen-bond donors (Lipinski definition) is 3. The minimum atomic E-state index is -3.95. The number of aliphatic hydroxyl groups is 1. The number of piperazine rings is 1. The second-order valence-electron chi connectivity index (χ2n) is 17.3. The molecule has 10 nitrogen and oxygen atoms in total. The molecule has 1 saturated carbocycles. The van der Waals surface area contributed by atoms with Gasteiger partial charge in [0.2, 0.25) is 10.0 Å². The zero-order chi connectivity index (χ0) is 39.8. The van der Waals surface area contributed by atoms with Gasteiger partial charge in [0.1, 0.15) is 11.4 Å². The standard InChI is InChI=1S/C36H45ClN2O5S3.C7H14N2O/c1-23-6-3-15-36(41,34-45-16-5-17-46-34)30-11-8-27(30)20-39-21-35(14-4-7-25-18-28(37)10-12-29(25)35)22-44-32-13-9-26(19-31(32)39)33(40)38-47(42,43)24(23)2;1-2-9-3-4-10-6-7(9)5-8-1/h3,9-10,12-13,15,18-19,23-24,27,30,34,41H,4-8,11,14,16-17,20-22H2,1-2H3,(H,38,40);7-8H,1-6H2/b15-3+;/t23-,24+,27-,30+,35-,36+;7-/m00/s1. The van der Waals surface area contributed by atoms with Crippen LogP contribution in [-0.4, -0.2) is 116 Å². The van der Waals surface area contributed by atoms with Crippen molar-refractivity contribution in [1.82, 2.24) is 14.9 Å². The van der Waals surface area contributed by atoms with E-state index in [0.717, 1.165) is 93.6 Å². The molecule has 7 aliphatic rings. The van der Waals surface area contributed by atoms with Crippen LogP contribution in [0.3, 0.4) is 0 Å². The topological polar surface area (TPSA) is 120 Å². The molecule has 3 saturated heterocycles. The highest BCUT2D eigenvalue weighted by Gasteiger charge is 2.52. The van der Waals surface area contributed by atoms with Gasteiger partial charge in [0.05, 0.1) is 35.3 Å². The molecule has 4 fully saturated rings. The van der Waals surface area contributed by atoms with Crippen molar-refractivity contribution in [3.05, 3.63) is 70.3 Å². The van der Waals surface area contributed by atoms with Crippen LogP contribution in [-0.2, 0) is 26.6 Å². The number of thioether (sulfide) groups is 2. The van der Waals surface area contributed by atoms with Gasteiger partial charge in [-0.1, -0.05) is 36.7 Å². The van der Waals surface area contributed by atoms with Gasteiger partial charge in [-0.25, -0.2) is 13.1 Å². The Morgan fingerprint density at radius 1 is 1.05 bits per heavy atom. The zero-order valence-electron chi connectivity index (χ0n) is 33.3. The molecule has 57 heavy (non-hydrogen) atoms. The minimum Gasteiger partial charge on any atom is -0.490 e. The minimum absolute atomic E-state index is 0.0302. The summed E-state index contributed by atoms with van der Waals surface area (Å²) in [6.45, 7) is 11.9. The summed E-state index contributed by atoms with van der Waals surface area (Å²) < 4.78 is 41.2. The molecule has 9 rings (SSSR count). The lowest BCUT2D eigenvalue weighted by Crippen LogP contribution is -2.56. The van der Waals surface area contributed by atoms with Gasteiger partial charge in [-0.05, 0) is 123 Å². The number of nitrogens with zero attached hydrogens (tertiary/aromatic N) is 2. The Morgan fingerprint density at radius 2 is 1.89 bits per heavy atom. The van der Waals surface area contributed by atoms with E-state index in [4.69, 9.17) is 21.1 Å². The number of amides is 1. The van der Waals surface area contributed by atoms with E-state index in [2.05, 4.69) is 32.0 Å². The molecule has 5 aliphatic heterocycles. The molecule has 14 heteroatoms. The molecule has 2 aromatic carbocycles. The van der Waals surface area contributed by atoms with Gasteiger partial charge in [0.25, 0.3) is 5.91 Å². The zero-order valence-corrected chi connectivity index (χ0v) is 36.5. The second-order valence-corrected chi connectivity index (χ2v) is 22.5. The molecule has 312 valence electrons. The van der Waals surface area contributed by atoms with Crippen LogP contribution < -0.4 is 19.7 Å². The van der Waals surface area contributed by atoms with E-state index in [9.17, 15) is 18.3 Å². The Balaban J connectivity index is 0.000000394. The fourth-order valence-corrected chi connectivity index (χ4v) is 14.7. The number of carbonyl (C=O) groups is 1. The highest BCUT2D eigenvalue weighted by molar-refractivity contribution is 8.17. The number of fused-ring (bicyclic) bond motifs is 5. The normalized spacial score (nSPS) is 35.1. The predicted octanol–water partition coefficient (Wildman–Crippen LogP) is 6.10. The fraction of sp³-hybridized carbons (Fsp3) is 0.651. The summed E-state index contributed by atoms with van der Waals surface area (Å²) in [4.78, 5) is 18.4. The molecule has 1 amide bonds. The molecule has 2 aliphatic carbocycles. The number of allylic oxidation sites excluding steroid dienone is 1. The molecular formula is C43H59ClN4O6S3. The van der Waals surface area contributed by atoms with Crippen LogP contribution in [0.15, 0.2) is 48.6 Å². The third-order valence-corrected chi connectivity index (χ3v) is 19.1. The van der Waals surface area contributed by atoms with Crippen LogP contribution in [0.2, 0.25) is 5.02 Å². The number of nitrogens with one attached hydrogen (secondary N) is 2. The average molecular weight is 860 g/mol. The van der Waals surface area contributed by atoms with Crippen LogP contribution in [0.1, 0.15) is 73.9 Å². The van der Waals surface area contributed by atoms with Crippen LogP contribution in [0, 0.1) is 17.8 Å². The van der Waals surface area contributed by atoms with E-state index in [0.29, 0.717) is 37.9 Å². The summed E-state index contributed by atoms with van der Waals surface area (Å²) in [5, 5.41) is 15.9. The molecular weight excluding hydrogens is 800 g/mol. The Morgan fingerprint density at radius 3 is 2.68 bits per heavy atom. The van der Waals surface area contributed by atoms with Gasteiger partial charge in [0.15, 0.2) is 0 Å². The predicted molar refractivity (Wildman–Crippen MR) is 233 cm³/mol.